The fourth-order valence-corrected chi connectivity index (χ4v) is 4.45. The van der Waals surface area contributed by atoms with Crippen LogP contribution in [-0.4, -0.2) is 40.6 Å². The van der Waals surface area contributed by atoms with Gasteiger partial charge in [0.05, 0.1) is 23.5 Å². The monoisotopic (exact) mass is 496 g/mol. The minimum atomic E-state index is -0.751. The Morgan fingerprint density at radius 2 is 1.97 bits per heavy atom. The van der Waals surface area contributed by atoms with Crippen LogP contribution in [0.3, 0.4) is 0 Å². The Morgan fingerprint density at radius 3 is 2.61 bits per heavy atom. The number of carbonyl (C=O) groups is 1. The third-order valence-electron chi connectivity index (χ3n) is 4.85. The van der Waals surface area contributed by atoms with E-state index in [1.165, 1.54) is 12.3 Å². The van der Waals surface area contributed by atoms with Crippen molar-refractivity contribution in [3.05, 3.63) is 41.7 Å². The van der Waals surface area contributed by atoms with Gasteiger partial charge in [-0.25, -0.2) is 13.8 Å². The third-order valence-corrected chi connectivity index (χ3v) is 6.66. The van der Waals surface area contributed by atoms with Crippen LogP contribution < -0.4 is 15.4 Å². The molecule has 0 bridgehead atoms. The number of anilines is 2. The third kappa shape index (κ3) is 6.04. The Kier molecular flexibility index (Phi) is 7.98. The van der Waals surface area contributed by atoms with Gasteiger partial charge in [0, 0.05) is 18.6 Å². The van der Waals surface area contributed by atoms with Crippen molar-refractivity contribution in [1.82, 2.24) is 9.36 Å². The number of aromatic nitrogens is 2. The van der Waals surface area contributed by atoms with Gasteiger partial charge < -0.3 is 20.1 Å². The number of benzene rings is 1. The maximum Gasteiger partial charge on any atom is 0.277 e. The van der Waals surface area contributed by atoms with Crippen molar-refractivity contribution in [2.24, 2.45) is 0 Å². The lowest BCUT2D eigenvalue weighted by Gasteiger charge is -2.27. The van der Waals surface area contributed by atoms with E-state index in [0.717, 1.165) is 41.4 Å². The van der Waals surface area contributed by atoms with E-state index < -0.39 is 17.5 Å². The van der Waals surface area contributed by atoms with E-state index in [9.17, 15) is 13.6 Å². The topological polar surface area (TPSA) is 85.4 Å². The molecule has 1 aromatic carbocycles. The molecular formula is C22H26F2N4O3S2. The maximum absolute atomic E-state index is 14.2. The van der Waals surface area contributed by atoms with Gasteiger partial charge in [-0.15, -0.1) is 0 Å². The van der Waals surface area contributed by atoms with Gasteiger partial charge in [0.2, 0.25) is 5.06 Å². The molecule has 2 heterocycles. The summed E-state index contributed by atoms with van der Waals surface area (Å²) >= 11 is 2.08. The predicted octanol–water partition coefficient (Wildman–Crippen LogP) is 5.81. The van der Waals surface area contributed by atoms with Crippen molar-refractivity contribution < 1.29 is 23.0 Å². The number of hydrogen-bond acceptors (Lipinski definition) is 8. The van der Waals surface area contributed by atoms with Gasteiger partial charge in [-0.1, -0.05) is 24.3 Å². The Balaban J connectivity index is 1.74. The average molecular weight is 497 g/mol. The number of halogens is 2. The summed E-state index contributed by atoms with van der Waals surface area (Å²) in [5.41, 5.74) is -0.153. The highest BCUT2D eigenvalue weighted by Crippen LogP contribution is 2.36. The summed E-state index contributed by atoms with van der Waals surface area (Å²) in [6.45, 7) is 8.26. The Bertz CT molecular complexity index is 1100. The van der Waals surface area contributed by atoms with Crippen molar-refractivity contribution >= 4 is 39.5 Å². The number of ether oxygens (including phenoxy) is 2. The molecule has 3 rings (SSSR count). The SMILES string of the molecule is CCC(C)(C)OC(C)COc1sncc1NC(=O)c1nc(-c2c(F)cccc2F)sc1NC. The zero-order valence-electron chi connectivity index (χ0n) is 19.0. The normalized spacial score (nSPS) is 12.5. The van der Waals surface area contributed by atoms with Gasteiger partial charge in [-0.2, -0.15) is 4.37 Å². The lowest BCUT2D eigenvalue weighted by atomic mass is 10.1. The van der Waals surface area contributed by atoms with E-state index in [2.05, 4.69) is 20.0 Å². The van der Waals surface area contributed by atoms with E-state index in [1.807, 2.05) is 27.7 Å². The smallest absolute Gasteiger partial charge is 0.277 e. The number of hydrogen-bond donors (Lipinski definition) is 2. The first-order valence-corrected chi connectivity index (χ1v) is 11.9. The molecule has 0 radical (unpaired) electrons. The zero-order valence-corrected chi connectivity index (χ0v) is 20.6. The minimum absolute atomic E-state index is 0.0127. The van der Waals surface area contributed by atoms with Crippen molar-refractivity contribution in [1.29, 1.82) is 0 Å². The van der Waals surface area contributed by atoms with Crippen LogP contribution in [0.1, 0.15) is 44.6 Å². The first-order valence-electron chi connectivity index (χ1n) is 10.3. The van der Waals surface area contributed by atoms with Gasteiger partial charge in [0.1, 0.15) is 33.9 Å². The van der Waals surface area contributed by atoms with Gasteiger partial charge in [0.25, 0.3) is 5.91 Å². The molecule has 11 heteroatoms. The largest absolute Gasteiger partial charge is 0.479 e. The number of thiazole rings is 1. The summed E-state index contributed by atoms with van der Waals surface area (Å²) in [6, 6.07) is 3.56. The molecule has 0 spiro atoms. The van der Waals surface area contributed by atoms with Crippen molar-refractivity contribution in [2.45, 2.75) is 45.8 Å². The minimum Gasteiger partial charge on any atom is -0.479 e. The fourth-order valence-electron chi connectivity index (χ4n) is 2.91. The molecule has 0 aliphatic heterocycles. The van der Waals surface area contributed by atoms with E-state index in [0.29, 0.717) is 15.8 Å². The zero-order chi connectivity index (χ0) is 24.2. The lowest BCUT2D eigenvalue weighted by Crippen LogP contribution is -2.31. The molecule has 7 nitrogen and oxygen atoms in total. The molecule has 3 aromatic rings. The van der Waals surface area contributed by atoms with Crippen LogP contribution in [0.4, 0.5) is 19.5 Å². The van der Waals surface area contributed by atoms with E-state index in [-0.39, 0.29) is 34.6 Å². The molecule has 0 aliphatic carbocycles. The Hall–Kier alpha value is -2.63. The molecule has 0 fully saturated rings. The first kappa shape index (κ1) is 25.0. The van der Waals surface area contributed by atoms with E-state index in [1.54, 1.807) is 7.05 Å². The molecule has 2 aromatic heterocycles. The highest BCUT2D eigenvalue weighted by Gasteiger charge is 2.24. The average Bonchev–Trinajstić information content (AvgIpc) is 3.38. The van der Waals surface area contributed by atoms with Crippen LogP contribution in [0.25, 0.3) is 10.6 Å². The van der Waals surface area contributed by atoms with Crippen LogP contribution in [0.5, 0.6) is 5.06 Å². The van der Waals surface area contributed by atoms with Crippen LogP contribution >= 0.6 is 22.9 Å². The summed E-state index contributed by atoms with van der Waals surface area (Å²) in [6.07, 6.45) is 2.17. The number of nitrogens with zero attached hydrogens (tertiary/aromatic N) is 2. The molecule has 0 aliphatic rings. The lowest BCUT2D eigenvalue weighted by molar-refractivity contribution is -0.0792. The van der Waals surface area contributed by atoms with Crippen molar-refractivity contribution in [2.75, 3.05) is 24.3 Å². The van der Waals surface area contributed by atoms with Gasteiger partial charge >= 0.3 is 0 Å². The van der Waals surface area contributed by atoms with Crippen LogP contribution in [0.15, 0.2) is 24.4 Å². The van der Waals surface area contributed by atoms with Crippen LogP contribution in [0, 0.1) is 11.6 Å². The number of amides is 1. The number of rotatable bonds is 10. The molecule has 1 amide bonds. The molecule has 1 unspecified atom stereocenters. The Morgan fingerprint density at radius 1 is 1.27 bits per heavy atom. The van der Waals surface area contributed by atoms with Crippen LogP contribution in [-0.2, 0) is 4.74 Å². The van der Waals surface area contributed by atoms with Crippen LogP contribution in [0.2, 0.25) is 0 Å². The summed E-state index contributed by atoms with van der Waals surface area (Å²) in [7, 11) is 1.60. The van der Waals surface area contributed by atoms with Gasteiger partial charge in [-0.05, 0) is 39.3 Å². The highest BCUT2D eigenvalue weighted by atomic mass is 32.1. The molecule has 1 atom stereocenters. The second-order valence-corrected chi connectivity index (χ2v) is 9.64. The van der Waals surface area contributed by atoms with Crippen molar-refractivity contribution in [3.8, 4) is 15.6 Å². The second kappa shape index (κ2) is 10.5. The maximum atomic E-state index is 14.2. The quantitative estimate of drug-likeness (QED) is 0.368. The second-order valence-electron chi connectivity index (χ2n) is 7.88. The molecule has 2 N–H and O–H groups in total. The molecule has 178 valence electrons. The standard InChI is InChI=1S/C22H26F2N4O3S2/c1-6-22(3,4)31-12(2)11-30-21-15(10-26-33-21)27-18(29)17-20(25-5)32-19(28-17)16-13(23)8-7-9-14(16)24/h7-10,12,25H,6,11H2,1-5H3,(H,27,29). The number of nitrogens with one attached hydrogen (secondary N) is 2. The van der Waals surface area contributed by atoms with E-state index >= 15 is 0 Å². The van der Waals surface area contributed by atoms with E-state index in [4.69, 9.17) is 9.47 Å². The first-order chi connectivity index (χ1) is 15.6. The Labute approximate surface area is 199 Å². The van der Waals surface area contributed by atoms with Gasteiger partial charge in [-0.3, -0.25) is 4.79 Å². The summed E-state index contributed by atoms with van der Waals surface area (Å²) in [4.78, 5) is 17.1. The molecule has 33 heavy (non-hydrogen) atoms. The number of carbonyl (C=O) groups excluding carboxylic acids is 1. The molecule has 0 saturated carbocycles. The summed E-state index contributed by atoms with van der Waals surface area (Å²) in [5.74, 6) is -2.06. The fraction of sp³-hybridized carbons (Fsp3) is 0.409. The van der Waals surface area contributed by atoms with Gasteiger partial charge in [0.15, 0.2) is 5.69 Å². The highest BCUT2D eigenvalue weighted by molar-refractivity contribution is 7.19. The summed E-state index contributed by atoms with van der Waals surface area (Å²) < 4.78 is 44.2. The molecular weight excluding hydrogens is 470 g/mol. The molecule has 0 saturated heterocycles. The van der Waals surface area contributed by atoms with Crippen molar-refractivity contribution in [3.63, 3.8) is 0 Å². The summed E-state index contributed by atoms with van der Waals surface area (Å²) in [5, 5.41) is 6.44. The predicted molar refractivity (Wildman–Crippen MR) is 127 cm³/mol.